The van der Waals surface area contributed by atoms with Crippen LogP contribution in [0.15, 0.2) is 0 Å². The van der Waals surface area contributed by atoms with Gasteiger partial charge in [0, 0.05) is 13.1 Å². The molecule has 2 fully saturated rings. The van der Waals surface area contributed by atoms with Crippen molar-refractivity contribution in [1.82, 2.24) is 5.32 Å². The summed E-state index contributed by atoms with van der Waals surface area (Å²) in [6, 6.07) is 0. The van der Waals surface area contributed by atoms with Crippen molar-refractivity contribution in [3.63, 3.8) is 0 Å². The summed E-state index contributed by atoms with van der Waals surface area (Å²) in [4.78, 5) is 0. The summed E-state index contributed by atoms with van der Waals surface area (Å²) >= 11 is 0. The molecule has 0 unspecified atom stereocenters. The van der Waals surface area contributed by atoms with Gasteiger partial charge in [0.25, 0.3) is 0 Å². The third-order valence-electron chi connectivity index (χ3n) is 3.95. The molecule has 0 amide bonds. The molecule has 1 aliphatic carbocycles. The monoisotopic (exact) mass is 167 g/mol. The molecule has 0 atom stereocenters. The van der Waals surface area contributed by atoms with Gasteiger partial charge in [0.05, 0.1) is 0 Å². The molecule has 70 valence electrons. The lowest BCUT2D eigenvalue weighted by atomic mass is 9.72. The van der Waals surface area contributed by atoms with Gasteiger partial charge in [-0.05, 0) is 24.2 Å². The van der Waals surface area contributed by atoms with Crippen LogP contribution in [0.5, 0.6) is 0 Å². The molecule has 0 radical (unpaired) electrons. The SMILES string of the molecule is CCC1(CC2CCCC2)CNC1. The van der Waals surface area contributed by atoms with Crippen LogP contribution in [-0.2, 0) is 0 Å². The van der Waals surface area contributed by atoms with Crippen molar-refractivity contribution < 1.29 is 0 Å². The maximum absolute atomic E-state index is 3.43. The van der Waals surface area contributed by atoms with Crippen LogP contribution in [0.1, 0.15) is 45.4 Å². The van der Waals surface area contributed by atoms with E-state index in [0.717, 1.165) is 11.3 Å². The third kappa shape index (κ3) is 1.52. The highest BCUT2D eigenvalue weighted by molar-refractivity contribution is 4.93. The van der Waals surface area contributed by atoms with E-state index in [0.29, 0.717) is 0 Å². The van der Waals surface area contributed by atoms with E-state index in [2.05, 4.69) is 12.2 Å². The van der Waals surface area contributed by atoms with E-state index in [4.69, 9.17) is 0 Å². The molecule has 2 rings (SSSR count). The smallest absolute Gasteiger partial charge is 0.00202 e. The van der Waals surface area contributed by atoms with Crippen LogP contribution >= 0.6 is 0 Å². The minimum absolute atomic E-state index is 0.717. The summed E-state index contributed by atoms with van der Waals surface area (Å²) in [5, 5.41) is 3.43. The van der Waals surface area contributed by atoms with Crippen molar-refractivity contribution in [3.05, 3.63) is 0 Å². The highest BCUT2D eigenvalue weighted by atomic mass is 15.0. The number of hydrogen-bond donors (Lipinski definition) is 1. The van der Waals surface area contributed by atoms with Crippen molar-refractivity contribution in [3.8, 4) is 0 Å². The number of rotatable bonds is 3. The zero-order chi connectivity index (χ0) is 8.44. The Morgan fingerprint density at radius 1 is 1.25 bits per heavy atom. The molecule has 1 saturated heterocycles. The first-order valence-corrected chi connectivity index (χ1v) is 5.55. The van der Waals surface area contributed by atoms with Crippen molar-refractivity contribution in [2.45, 2.75) is 45.4 Å². The Labute approximate surface area is 75.9 Å². The van der Waals surface area contributed by atoms with Crippen molar-refractivity contribution in [2.75, 3.05) is 13.1 Å². The Bertz CT molecular complexity index is 138. The average Bonchev–Trinajstić information content (AvgIpc) is 2.49. The second-order valence-electron chi connectivity index (χ2n) is 4.81. The summed E-state index contributed by atoms with van der Waals surface area (Å²) in [5.74, 6) is 1.08. The van der Waals surface area contributed by atoms with Gasteiger partial charge in [-0.15, -0.1) is 0 Å². The average molecular weight is 167 g/mol. The fourth-order valence-electron chi connectivity index (χ4n) is 2.84. The molecule has 12 heavy (non-hydrogen) atoms. The van der Waals surface area contributed by atoms with Gasteiger partial charge >= 0.3 is 0 Å². The maximum Gasteiger partial charge on any atom is 0.00202 e. The van der Waals surface area contributed by atoms with Crippen LogP contribution in [0.4, 0.5) is 0 Å². The molecule has 1 N–H and O–H groups in total. The zero-order valence-corrected chi connectivity index (χ0v) is 8.23. The summed E-state index contributed by atoms with van der Waals surface area (Å²) in [5.41, 5.74) is 0.717. The predicted octanol–water partition coefficient (Wildman–Crippen LogP) is 2.57. The van der Waals surface area contributed by atoms with Gasteiger partial charge in [-0.3, -0.25) is 0 Å². The van der Waals surface area contributed by atoms with E-state index >= 15 is 0 Å². The molecule has 2 aliphatic rings. The third-order valence-corrected chi connectivity index (χ3v) is 3.95. The van der Waals surface area contributed by atoms with Crippen LogP contribution in [0, 0.1) is 11.3 Å². The van der Waals surface area contributed by atoms with Crippen molar-refractivity contribution in [2.24, 2.45) is 11.3 Å². The van der Waals surface area contributed by atoms with Crippen molar-refractivity contribution >= 4 is 0 Å². The first-order chi connectivity index (χ1) is 5.85. The predicted molar refractivity (Wildman–Crippen MR) is 52.2 cm³/mol. The Kier molecular flexibility index (Phi) is 2.40. The van der Waals surface area contributed by atoms with E-state index in [1.54, 1.807) is 0 Å². The van der Waals surface area contributed by atoms with E-state index in [1.165, 1.54) is 51.6 Å². The van der Waals surface area contributed by atoms with E-state index in [-0.39, 0.29) is 0 Å². The standard InChI is InChI=1S/C11H21N/c1-2-11(8-12-9-11)7-10-5-3-4-6-10/h10,12H,2-9H2,1H3. The van der Waals surface area contributed by atoms with E-state index < -0.39 is 0 Å². The summed E-state index contributed by atoms with van der Waals surface area (Å²) in [7, 11) is 0. The lowest BCUT2D eigenvalue weighted by Gasteiger charge is -2.44. The van der Waals surface area contributed by atoms with Gasteiger partial charge in [-0.2, -0.15) is 0 Å². The Hall–Kier alpha value is -0.0400. The van der Waals surface area contributed by atoms with E-state index in [9.17, 15) is 0 Å². The van der Waals surface area contributed by atoms with Gasteiger partial charge in [-0.1, -0.05) is 32.6 Å². The second kappa shape index (κ2) is 3.37. The zero-order valence-electron chi connectivity index (χ0n) is 8.23. The normalized spacial score (nSPS) is 28.8. The topological polar surface area (TPSA) is 12.0 Å². The summed E-state index contributed by atoms with van der Waals surface area (Å²) in [6.07, 6.45) is 8.92. The highest BCUT2D eigenvalue weighted by Gasteiger charge is 2.37. The van der Waals surface area contributed by atoms with Gasteiger partial charge in [-0.25, -0.2) is 0 Å². The molecular formula is C11H21N. The van der Waals surface area contributed by atoms with Crippen LogP contribution in [0.2, 0.25) is 0 Å². The van der Waals surface area contributed by atoms with E-state index in [1.807, 2.05) is 0 Å². The van der Waals surface area contributed by atoms with Crippen LogP contribution < -0.4 is 5.32 Å². The molecule has 0 aromatic rings. The van der Waals surface area contributed by atoms with Crippen LogP contribution in [0.25, 0.3) is 0 Å². The fourth-order valence-corrected chi connectivity index (χ4v) is 2.84. The maximum atomic E-state index is 3.43. The molecule has 1 saturated carbocycles. The molecule has 0 aromatic heterocycles. The van der Waals surface area contributed by atoms with Gasteiger partial charge < -0.3 is 5.32 Å². The molecule has 1 aliphatic heterocycles. The molecule has 0 aromatic carbocycles. The molecule has 1 heteroatoms. The molecule has 1 heterocycles. The second-order valence-corrected chi connectivity index (χ2v) is 4.81. The van der Waals surface area contributed by atoms with Crippen molar-refractivity contribution in [1.29, 1.82) is 0 Å². The number of hydrogen-bond acceptors (Lipinski definition) is 1. The highest BCUT2D eigenvalue weighted by Crippen LogP contribution is 2.40. The first kappa shape index (κ1) is 8.55. The lowest BCUT2D eigenvalue weighted by Crippen LogP contribution is -2.53. The molecular weight excluding hydrogens is 146 g/mol. The quantitative estimate of drug-likeness (QED) is 0.681. The van der Waals surface area contributed by atoms with Gasteiger partial charge in [0.2, 0.25) is 0 Å². The Morgan fingerprint density at radius 3 is 2.33 bits per heavy atom. The lowest BCUT2D eigenvalue weighted by molar-refractivity contribution is 0.118. The molecule has 0 spiro atoms. The van der Waals surface area contributed by atoms with Gasteiger partial charge in [0.15, 0.2) is 0 Å². The van der Waals surface area contributed by atoms with Crippen LogP contribution in [0.3, 0.4) is 0 Å². The Morgan fingerprint density at radius 2 is 1.92 bits per heavy atom. The minimum Gasteiger partial charge on any atom is -0.316 e. The molecule has 1 nitrogen and oxygen atoms in total. The summed E-state index contributed by atoms with van der Waals surface area (Å²) in [6.45, 7) is 4.94. The first-order valence-electron chi connectivity index (χ1n) is 5.55. The summed E-state index contributed by atoms with van der Waals surface area (Å²) < 4.78 is 0. The Balaban J connectivity index is 1.83. The largest absolute Gasteiger partial charge is 0.316 e. The molecule has 0 bridgehead atoms. The van der Waals surface area contributed by atoms with Crippen LogP contribution in [-0.4, -0.2) is 13.1 Å². The fraction of sp³-hybridized carbons (Fsp3) is 1.00. The minimum atomic E-state index is 0.717. The van der Waals surface area contributed by atoms with Gasteiger partial charge in [0.1, 0.15) is 0 Å². The number of nitrogens with one attached hydrogen (secondary N) is 1.